The Hall–Kier alpha value is -4.14. The molecular weight excluding hydrogens is 628 g/mol. The second kappa shape index (κ2) is 11.1. The molecule has 44 heavy (non-hydrogen) atoms. The van der Waals surface area contributed by atoms with Crippen molar-refractivity contribution in [1.82, 2.24) is 20.5 Å². The molecule has 3 amide bonds. The quantitative estimate of drug-likeness (QED) is 0.294. The van der Waals surface area contributed by atoms with Crippen LogP contribution < -0.4 is 15.5 Å². The highest BCUT2D eigenvalue weighted by atomic mass is 32.5. The first-order valence-corrected chi connectivity index (χ1v) is 15.1. The van der Waals surface area contributed by atoms with Crippen LogP contribution in [-0.2, 0) is 14.4 Å². The van der Waals surface area contributed by atoms with Gasteiger partial charge in [0.1, 0.15) is 23.3 Å². The van der Waals surface area contributed by atoms with E-state index in [1.54, 1.807) is 6.19 Å². The van der Waals surface area contributed by atoms with Crippen molar-refractivity contribution in [3.8, 4) is 6.19 Å². The summed E-state index contributed by atoms with van der Waals surface area (Å²) >= 11 is 0. The van der Waals surface area contributed by atoms with Gasteiger partial charge < -0.3 is 10.6 Å². The number of hydrogen-bond donors (Lipinski definition) is 2. The van der Waals surface area contributed by atoms with Gasteiger partial charge >= 0.3 is 10.2 Å². The summed E-state index contributed by atoms with van der Waals surface area (Å²) in [6.07, 6.45) is 1.48. The van der Waals surface area contributed by atoms with Gasteiger partial charge in [-0.05, 0) is 43.2 Å². The molecular formula is C26H26F8N6O3S. The molecule has 2 aliphatic rings. The summed E-state index contributed by atoms with van der Waals surface area (Å²) in [4.78, 5) is 42.3. The maximum atomic E-state index is 14.3. The van der Waals surface area contributed by atoms with E-state index in [0.29, 0.717) is 17.0 Å². The number of nitriles is 1. The monoisotopic (exact) mass is 654 g/mol. The van der Waals surface area contributed by atoms with Gasteiger partial charge in [0.05, 0.1) is 18.7 Å². The van der Waals surface area contributed by atoms with Crippen LogP contribution in [-0.4, -0.2) is 58.7 Å². The fraction of sp³-hybridized carbons (Fsp3) is 0.423. The molecule has 9 nitrogen and oxygen atoms in total. The molecule has 1 saturated heterocycles. The number of pyridine rings is 1. The van der Waals surface area contributed by atoms with Crippen LogP contribution in [0.4, 0.5) is 38.3 Å². The summed E-state index contributed by atoms with van der Waals surface area (Å²) < 4.78 is 109. The van der Waals surface area contributed by atoms with Crippen LogP contribution in [0, 0.1) is 17.3 Å². The summed E-state index contributed by atoms with van der Waals surface area (Å²) in [5.74, 6) is -6.51. The number of nitrogens with one attached hydrogen (secondary N) is 2. The van der Waals surface area contributed by atoms with E-state index in [1.165, 1.54) is 0 Å². The van der Waals surface area contributed by atoms with E-state index in [2.05, 4.69) is 15.6 Å². The van der Waals surface area contributed by atoms with Crippen LogP contribution in [0.25, 0.3) is 0 Å². The highest BCUT2D eigenvalue weighted by Gasteiger charge is 2.65. The van der Waals surface area contributed by atoms with Gasteiger partial charge in [-0.1, -0.05) is 19.4 Å². The second-order valence-electron chi connectivity index (χ2n) is 10.6. The lowest BCUT2D eigenvalue weighted by atomic mass is 9.91. The van der Waals surface area contributed by atoms with E-state index in [-0.39, 0.29) is 37.1 Å². The molecule has 2 heterocycles. The minimum atomic E-state index is -10.1. The Morgan fingerprint density at radius 3 is 2.34 bits per heavy atom. The molecule has 2 aromatic rings. The molecule has 2 fully saturated rings. The minimum Gasteiger partial charge on any atom is -0.352 e. The van der Waals surface area contributed by atoms with Crippen LogP contribution in [0.1, 0.15) is 43.7 Å². The molecule has 4 rings (SSSR count). The van der Waals surface area contributed by atoms with Gasteiger partial charge in [-0.2, -0.15) is 5.26 Å². The first kappa shape index (κ1) is 32.8. The Balaban J connectivity index is 1.78. The fourth-order valence-corrected chi connectivity index (χ4v) is 5.69. The summed E-state index contributed by atoms with van der Waals surface area (Å²) in [5, 5.41) is 14.4. The fourth-order valence-electron chi connectivity index (χ4n) is 5.04. The number of alkyl halides is 2. The van der Waals surface area contributed by atoms with E-state index in [4.69, 9.17) is 0 Å². The van der Waals surface area contributed by atoms with Gasteiger partial charge in [-0.3, -0.25) is 29.2 Å². The molecule has 2 N–H and O–H groups in total. The number of rotatable bonds is 8. The molecule has 240 valence electrons. The molecule has 2 unspecified atom stereocenters. The summed E-state index contributed by atoms with van der Waals surface area (Å²) in [6.45, 7) is -0.624. The van der Waals surface area contributed by atoms with Gasteiger partial charge in [0, 0.05) is 42.9 Å². The van der Waals surface area contributed by atoms with Crippen molar-refractivity contribution in [3.05, 3.63) is 54.1 Å². The Morgan fingerprint density at radius 2 is 1.77 bits per heavy atom. The Bertz CT molecular complexity index is 1480. The molecule has 0 spiro atoms. The molecule has 1 saturated carbocycles. The lowest BCUT2D eigenvalue weighted by Gasteiger charge is -2.41. The second-order valence-corrected chi connectivity index (χ2v) is 13.0. The molecule has 1 aromatic carbocycles. The largest absolute Gasteiger partial charge is 0.352 e. The van der Waals surface area contributed by atoms with E-state index >= 15 is 0 Å². The Kier molecular flexibility index (Phi) is 8.26. The van der Waals surface area contributed by atoms with Crippen molar-refractivity contribution in [2.45, 2.75) is 61.0 Å². The van der Waals surface area contributed by atoms with Gasteiger partial charge in [-0.15, -0.1) is 0 Å². The zero-order valence-corrected chi connectivity index (χ0v) is 23.5. The van der Waals surface area contributed by atoms with E-state index < -0.39 is 94.2 Å². The number of nitrogens with zero attached hydrogens (tertiary/aromatic N) is 4. The number of anilines is 1. The number of hydrogen-bond acceptors (Lipinski definition) is 6. The normalized spacial score (nSPS) is 21.2. The Morgan fingerprint density at radius 1 is 1.14 bits per heavy atom. The lowest BCUT2D eigenvalue weighted by Crippen LogP contribution is -2.55. The first-order chi connectivity index (χ1) is 20.3. The molecule has 0 radical (unpaired) electrons. The number of aromatic nitrogens is 1. The zero-order valence-electron chi connectivity index (χ0n) is 22.7. The first-order valence-electron chi connectivity index (χ1n) is 13.1. The predicted molar refractivity (Wildman–Crippen MR) is 141 cm³/mol. The standard InChI is InChI=1S/C26H26F8N6O3S/c27-17-9-16(11-36-12-17)24(25(43)38-18-5-7-26(28,29)8-6-18)40(19-1-3-21(4-2-19)44(30,31,32,33)34)23(42)10-20-13-37-22(41)14-39(20)15-35/h1-4,9,11-12,18,20,24H,5-8,10,13-14H2,(H,37,41)(H,38,43). The van der Waals surface area contributed by atoms with Crippen molar-refractivity contribution in [3.63, 3.8) is 0 Å². The van der Waals surface area contributed by atoms with Crippen molar-refractivity contribution < 1.29 is 47.0 Å². The van der Waals surface area contributed by atoms with Crippen LogP contribution in [0.2, 0.25) is 0 Å². The van der Waals surface area contributed by atoms with Gasteiger partial charge in [0.25, 0.3) is 0 Å². The predicted octanol–water partition coefficient (Wildman–Crippen LogP) is 5.32. The number of piperazine rings is 1. The van der Waals surface area contributed by atoms with Crippen LogP contribution in [0.15, 0.2) is 47.6 Å². The van der Waals surface area contributed by atoms with Crippen molar-refractivity contribution in [2.24, 2.45) is 0 Å². The molecule has 1 aliphatic heterocycles. The summed E-state index contributed by atoms with van der Waals surface area (Å²) in [6, 6.07) is -1.71. The highest BCUT2D eigenvalue weighted by Crippen LogP contribution is 3.02. The zero-order chi connectivity index (χ0) is 32.6. The van der Waals surface area contributed by atoms with Crippen LogP contribution in [0.5, 0.6) is 0 Å². The van der Waals surface area contributed by atoms with E-state index in [1.807, 2.05) is 0 Å². The molecule has 1 aliphatic carbocycles. The highest BCUT2D eigenvalue weighted by molar-refractivity contribution is 8.45. The number of benzene rings is 1. The van der Waals surface area contributed by atoms with Gasteiger partial charge in [-0.25, -0.2) is 13.2 Å². The van der Waals surface area contributed by atoms with Crippen molar-refractivity contribution in [2.75, 3.05) is 18.0 Å². The third-order valence-corrected chi connectivity index (χ3v) is 8.43. The summed E-state index contributed by atoms with van der Waals surface area (Å²) in [7, 11) is -10.1. The Labute approximate surface area is 245 Å². The van der Waals surface area contributed by atoms with Crippen molar-refractivity contribution in [1.29, 1.82) is 5.26 Å². The third kappa shape index (κ3) is 7.87. The van der Waals surface area contributed by atoms with Crippen LogP contribution in [0.3, 0.4) is 0 Å². The van der Waals surface area contributed by atoms with Gasteiger partial charge in [0.15, 0.2) is 6.19 Å². The number of carbonyl (C=O) groups is 3. The molecule has 18 heteroatoms. The average Bonchev–Trinajstić information content (AvgIpc) is 2.92. The maximum absolute atomic E-state index is 14.3. The lowest BCUT2D eigenvalue weighted by molar-refractivity contribution is -0.129. The number of amides is 3. The van der Waals surface area contributed by atoms with Gasteiger partial charge in [0.2, 0.25) is 23.6 Å². The number of halogens is 8. The summed E-state index contributed by atoms with van der Waals surface area (Å²) in [5.41, 5.74) is -0.758. The smallest absolute Gasteiger partial charge is 0.310 e. The average molecular weight is 655 g/mol. The SMILES string of the molecule is N#CN1CC(=O)NCC1CC(=O)N(c1ccc(S(F)(F)(F)(F)F)cc1)C(C(=O)NC1CCC(F)(F)CC1)c1cncc(F)c1. The third-order valence-electron chi connectivity index (χ3n) is 7.27. The maximum Gasteiger partial charge on any atom is 0.310 e. The minimum absolute atomic E-state index is 0.0294. The molecule has 0 bridgehead atoms. The van der Waals surface area contributed by atoms with Crippen molar-refractivity contribution >= 4 is 33.6 Å². The topological polar surface area (TPSA) is 118 Å². The van der Waals surface area contributed by atoms with Crippen LogP contribution >= 0.6 is 10.2 Å². The van der Waals surface area contributed by atoms with E-state index in [9.17, 15) is 52.2 Å². The number of carbonyl (C=O) groups excluding carboxylic acids is 3. The van der Waals surface area contributed by atoms with E-state index in [0.717, 1.165) is 23.4 Å². The molecule has 1 aromatic heterocycles. The molecule has 2 atom stereocenters.